The number of rotatable bonds is 5. The second kappa shape index (κ2) is 6.93. The second-order valence-corrected chi connectivity index (χ2v) is 7.22. The molecule has 0 bridgehead atoms. The van der Waals surface area contributed by atoms with Crippen molar-refractivity contribution in [3.8, 4) is 5.75 Å². The average molecular weight is 365 g/mol. The first kappa shape index (κ1) is 17.0. The number of fused-ring (bicyclic) bond motifs is 1. The molecule has 0 saturated carbocycles. The number of hydrogen-bond acceptors (Lipinski definition) is 5. The number of aromatic nitrogens is 2. The number of thiophene rings is 1. The van der Waals surface area contributed by atoms with Crippen LogP contribution in [0.1, 0.15) is 10.4 Å². The first-order valence-corrected chi connectivity index (χ1v) is 8.66. The van der Waals surface area contributed by atoms with Gasteiger partial charge in [-0.25, -0.2) is 4.98 Å². The number of aliphatic hydroxyl groups is 1. The van der Waals surface area contributed by atoms with Gasteiger partial charge in [-0.05, 0) is 43.7 Å². The normalized spacial score (nSPS) is 12.5. The topological polar surface area (TPSA) is 64.3 Å². The van der Waals surface area contributed by atoms with Gasteiger partial charge in [0.2, 0.25) is 0 Å². The van der Waals surface area contributed by atoms with E-state index in [1.54, 1.807) is 24.3 Å². The van der Waals surface area contributed by atoms with Crippen molar-refractivity contribution in [1.82, 2.24) is 9.55 Å². The molecule has 3 rings (SSSR count). The van der Waals surface area contributed by atoms with Crippen molar-refractivity contribution in [1.29, 1.82) is 0 Å². The molecule has 1 aromatic carbocycles. The fourth-order valence-electron chi connectivity index (χ4n) is 2.40. The Bertz CT molecular complexity index is 918. The summed E-state index contributed by atoms with van der Waals surface area (Å²) in [6.45, 7) is 4.10. The van der Waals surface area contributed by atoms with Crippen molar-refractivity contribution < 1.29 is 9.84 Å². The highest BCUT2D eigenvalue weighted by Crippen LogP contribution is 2.25. The molecule has 0 aliphatic heterocycles. The Morgan fingerprint density at radius 1 is 1.33 bits per heavy atom. The molecule has 0 amide bonds. The van der Waals surface area contributed by atoms with Gasteiger partial charge in [-0.1, -0.05) is 11.6 Å². The Labute approximate surface area is 148 Å². The standard InChI is InChI=1S/C17H17ClN2O3S/c1-10-11(2)24-16-15(10)17(22)20(9-19-16)7-13(21)8-23-14-5-3-12(18)4-6-14/h3-6,9,13,21H,7-8H2,1-2H3. The van der Waals surface area contributed by atoms with Gasteiger partial charge in [0, 0.05) is 9.90 Å². The van der Waals surface area contributed by atoms with Crippen molar-refractivity contribution in [3.63, 3.8) is 0 Å². The molecule has 0 radical (unpaired) electrons. The summed E-state index contributed by atoms with van der Waals surface area (Å²) >= 11 is 7.32. The Morgan fingerprint density at radius 3 is 2.75 bits per heavy atom. The lowest BCUT2D eigenvalue weighted by Crippen LogP contribution is -2.30. The minimum atomic E-state index is -0.822. The largest absolute Gasteiger partial charge is 0.491 e. The molecule has 0 spiro atoms. The van der Waals surface area contributed by atoms with Crippen LogP contribution in [0.15, 0.2) is 35.4 Å². The summed E-state index contributed by atoms with van der Waals surface area (Å²) in [5, 5.41) is 11.4. The predicted molar refractivity (Wildman–Crippen MR) is 96.3 cm³/mol. The van der Waals surface area contributed by atoms with E-state index in [9.17, 15) is 9.90 Å². The van der Waals surface area contributed by atoms with Gasteiger partial charge >= 0.3 is 0 Å². The molecule has 126 valence electrons. The molecule has 1 atom stereocenters. The van der Waals surface area contributed by atoms with Crippen LogP contribution in [0.25, 0.3) is 10.2 Å². The number of ether oxygens (including phenoxy) is 1. The van der Waals surface area contributed by atoms with Gasteiger partial charge in [-0.3, -0.25) is 9.36 Å². The predicted octanol–water partition coefficient (Wildman–Crippen LogP) is 3.17. The molecule has 0 fully saturated rings. The maximum absolute atomic E-state index is 12.6. The van der Waals surface area contributed by atoms with Crippen molar-refractivity contribution in [2.75, 3.05) is 6.61 Å². The van der Waals surface area contributed by atoms with E-state index in [1.165, 1.54) is 22.2 Å². The lowest BCUT2D eigenvalue weighted by atomic mass is 10.2. The highest BCUT2D eigenvalue weighted by molar-refractivity contribution is 7.18. The first-order chi connectivity index (χ1) is 11.5. The van der Waals surface area contributed by atoms with Crippen LogP contribution in [0.3, 0.4) is 0 Å². The van der Waals surface area contributed by atoms with Gasteiger partial charge in [0.25, 0.3) is 5.56 Å². The first-order valence-electron chi connectivity index (χ1n) is 7.47. The smallest absolute Gasteiger partial charge is 0.262 e. The van der Waals surface area contributed by atoms with E-state index < -0.39 is 6.10 Å². The van der Waals surface area contributed by atoms with Gasteiger partial charge in [-0.15, -0.1) is 11.3 Å². The van der Waals surface area contributed by atoms with E-state index in [-0.39, 0.29) is 18.7 Å². The van der Waals surface area contributed by atoms with Gasteiger partial charge < -0.3 is 9.84 Å². The molecule has 1 unspecified atom stereocenters. The number of hydrogen-bond donors (Lipinski definition) is 1. The zero-order chi connectivity index (χ0) is 17.3. The third-order valence-corrected chi connectivity index (χ3v) is 5.19. The summed E-state index contributed by atoms with van der Waals surface area (Å²) in [4.78, 5) is 18.7. The minimum Gasteiger partial charge on any atom is -0.491 e. The van der Waals surface area contributed by atoms with Crippen molar-refractivity contribution in [2.24, 2.45) is 0 Å². The lowest BCUT2D eigenvalue weighted by molar-refractivity contribution is 0.0915. The van der Waals surface area contributed by atoms with Crippen LogP contribution in [0.2, 0.25) is 5.02 Å². The molecule has 0 aliphatic rings. The Hall–Kier alpha value is -1.89. The molecular formula is C17H17ClN2O3S. The van der Waals surface area contributed by atoms with E-state index in [0.29, 0.717) is 16.2 Å². The molecule has 2 heterocycles. The fourth-order valence-corrected chi connectivity index (χ4v) is 3.52. The van der Waals surface area contributed by atoms with Crippen LogP contribution in [0.4, 0.5) is 0 Å². The Morgan fingerprint density at radius 2 is 2.04 bits per heavy atom. The summed E-state index contributed by atoms with van der Waals surface area (Å²) in [6, 6.07) is 6.89. The highest BCUT2D eigenvalue weighted by atomic mass is 35.5. The van der Waals surface area contributed by atoms with Crippen molar-refractivity contribution >= 4 is 33.2 Å². The SMILES string of the molecule is Cc1sc2ncn(CC(O)COc3ccc(Cl)cc3)c(=O)c2c1C. The van der Waals surface area contributed by atoms with Crippen LogP contribution in [-0.2, 0) is 6.54 Å². The molecule has 7 heteroatoms. The van der Waals surface area contributed by atoms with Gasteiger partial charge in [0.05, 0.1) is 18.3 Å². The number of aryl methyl sites for hydroxylation is 2. The zero-order valence-corrected chi connectivity index (χ0v) is 14.9. The fraction of sp³-hybridized carbons (Fsp3) is 0.294. The maximum Gasteiger partial charge on any atom is 0.262 e. The van der Waals surface area contributed by atoms with E-state index in [0.717, 1.165) is 15.3 Å². The molecule has 1 N–H and O–H groups in total. The quantitative estimate of drug-likeness (QED) is 0.755. The number of nitrogens with zero attached hydrogens (tertiary/aromatic N) is 2. The summed E-state index contributed by atoms with van der Waals surface area (Å²) in [7, 11) is 0. The van der Waals surface area contributed by atoms with Crippen molar-refractivity contribution in [2.45, 2.75) is 26.5 Å². The molecule has 0 aliphatic carbocycles. The summed E-state index contributed by atoms with van der Waals surface area (Å²) < 4.78 is 6.94. The van der Waals surface area contributed by atoms with Crippen LogP contribution < -0.4 is 10.3 Å². The molecule has 0 saturated heterocycles. The minimum absolute atomic E-state index is 0.0771. The number of benzene rings is 1. The van der Waals surface area contributed by atoms with Gasteiger partial charge in [0.1, 0.15) is 23.3 Å². The summed E-state index contributed by atoms with van der Waals surface area (Å²) in [5.74, 6) is 0.615. The third-order valence-electron chi connectivity index (χ3n) is 3.82. The van der Waals surface area contributed by atoms with Crippen LogP contribution >= 0.6 is 22.9 Å². The van der Waals surface area contributed by atoms with E-state index in [2.05, 4.69) is 4.98 Å². The zero-order valence-electron chi connectivity index (χ0n) is 13.3. The van der Waals surface area contributed by atoms with Gasteiger partial charge in [-0.2, -0.15) is 0 Å². The van der Waals surface area contributed by atoms with E-state index >= 15 is 0 Å². The Balaban J connectivity index is 1.72. The third kappa shape index (κ3) is 3.45. The molecular weight excluding hydrogens is 348 g/mol. The molecule has 24 heavy (non-hydrogen) atoms. The highest BCUT2D eigenvalue weighted by Gasteiger charge is 2.14. The molecule has 2 aromatic heterocycles. The second-order valence-electron chi connectivity index (χ2n) is 5.58. The van der Waals surface area contributed by atoms with E-state index in [4.69, 9.17) is 16.3 Å². The monoisotopic (exact) mass is 364 g/mol. The molecule has 3 aromatic rings. The summed E-state index contributed by atoms with van der Waals surface area (Å²) in [6.07, 6.45) is 0.656. The number of aliphatic hydroxyl groups excluding tert-OH is 1. The number of halogens is 1. The van der Waals surface area contributed by atoms with Crippen LogP contribution in [-0.4, -0.2) is 27.4 Å². The lowest BCUT2D eigenvalue weighted by Gasteiger charge is -2.14. The van der Waals surface area contributed by atoms with Crippen molar-refractivity contribution in [3.05, 3.63) is 56.4 Å². The molecule has 5 nitrogen and oxygen atoms in total. The maximum atomic E-state index is 12.6. The van der Waals surface area contributed by atoms with Crippen LogP contribution in [0.5, 0.6) is 5.75 Å². The Kier molecular flexibility index (Phi) is 4.89. The van der Waals surface area contributed by atoms with E-state index in [1.807, 2.05) is 13.8 Å². The average Bonchev–Trinajstić information content (AvgIpc) is 2.85. The summed E-state index contributed by atoms with van der Waals surface area (Å²) in [5.41, 5.74) is 0.821. The van der Waals surface area contributed by atoms with Gasteiger partial charge in [0.15, 0.2) is 0 Å². The van der Waals surface area contributed by atoms with Crippen LogP contribution in [0, 0.1) is 13.8 Å².